The van der Waals surface area contributed by atoms with Crippen LogP contribution in [0.1, 0.15) is 54.5 Å². The van der Waals surface area contributed by atoms with Gasteiger partial charge in [-0.15, -0.1) is 0 Å². The lowest BCUT2D eigenvalue weighted by atomic mass is 10.1. The van der Waals surface area contributed by atoms with Gasteiger partial charge in [-0.3, -0.25) is 4.79 Å². The quantitative estimate of drug-likeness (QED) is 0.750. The molecule has 0 aliphatic rings. The van der Waals surface area contributed by atoms with Crippen LogP contribution in [-0.2, 0) is 0 Å². The first-order valence-electron chi connectivity index (χ1n) is 8.28. The monoisotopic (exact) mass is 356 g/mol. The lowest BCUT2D eigenvalue weighted by molar-refractivity contribution is 0.0941. The minimum atomic E-state index is -0.158. The van der Waals surface area contributed by atoms with Gasteiger partial charge in [0.05, 0.1) is 23.2 Å². The summed E-state index contributed by atoms with van der Waals surface area (Å²) in [5, 5.41) is 8.83. The van der Waals surface area contributed by atoms with Crippen molar-refractivity contribution in [3.8, 4) is 0 Å². The van der Waals surface area contributed by atoms with Gasteiger partial charge in [-0.2, -0.15) is 5.10 Å². The van der Waals surface area contributed by atoms with Gasteiger partial charge in [-0.1, -0.05) is 23.7 Å². The fourth-order valence-corrected chi connectivity index (χ4v) is 3.04. The summed E-state index contributed by atoms with van der Waals surface area (Å²) in [6.07, 6.45) is 1.71. The van der Waals surface area contributed by atoms with Crippen molar-refractivity contribution < 1.29 is 4.79 Å². The first kappa shape index (κ1) is 17.4. The Morgan fingerprint density at radius 3 is 2.68 bits per heavy atom. The average molecular weight is 357 g/mol. The Labute approximate surface area is 152 Å². The van der Waals surface area contributed by atoms with Crippen LogP contribution in [0, 0.1) is 6.92 Å². The molecule has 3 aromatic rings. The van der Waals surface area contributed by atoms with Gasteiger partial charge in [-0.25, -0.2) is 9.67 Å². The van der Waals surface area contributed by atoms with Crippen LogP contribution >= 0.6 is 11.6 Å². The molecule has 2 aromatic heterocycles. The zero-order valence-corrected chi connectivity index (χ0v) is 15.5. The molecular weight excluding hydrogens is 336 g/mol. The second-order valence-corrected chi connectivity index (χ2v) is 6.92. The van der Waals surface area contributed by atoms with Crippen molar-refractivity contribution in [3.05, 3.63) is 58.4 Å². The number of pyridine rings is 1. The Morgan fingerprint density at radius 2 is 2.00 bits per heavy atom. The van der Waals surface area contributed by atoms with E-state index in [1.54, 1.807) is 12.3 Å². The topological polar surface area (TPSA) is 59.8 Å². The molecule has 0 aliphatic heterocycles. The zero-order valence-electron chi connectivity index (χ0n) is 14.7. The molecule has 0 saturated heterocycles. The third-order valence-corrected chi connectivity index (χ3v) is 4.36. The molecule has 0 fully saturated rings. The van der Waals surface area contributed by atoms with E-state index in [0.717, 1.165) is 22.3 Å². The maximum absolute atomic E-state index is 12.8. The molecule has 25 heavy (non-hydrogen) atoms. The molecular formula is C19H21ClN4O. The third kappa shape index (κ3) is 3.51. The number of hydrogen-bond acceptors (Lipinski definition) is 3. The van der Waals surface area contributed by atoms with Crippen molar-refractivity contribution in [1.29, 1.82) is 0 Å². The van der Waals surface area contributed by atoms with E-state index in [0.29, 0.717) is 10.6 Å². The number of carbonyl (C=O) groups excluding carboxylic acids is 1. The van der Waals surface area contributed by atoms with Crippen LogP contribution in [0.4, 0.5) is 0 Å². The van der Waals surface area contributed by atoms with Gasteiger partial charge in [0.25, 0.3) is 5.91 Å². The summed E-state index contributed by atoms with van der Waals surface area (Å²) in [5.41, 5.74) is 3.06. The predicted molar refractivity (Wildman–Crippen MR) is 100.0 cm³/mol. The van der Waals surface area contributed by atoms with Gasteiger partial charge in [0.1, 0.15) is 0 Å². The van der Waals surface area contributed by atoms with E-state index in [4.69, 9.17) is 11.6 Å². The SMILES string of the molecule is Cc1cc(C(=O)NC(C)c2cccc(Cl)c2)c2cnn(C(C)C)c2n1. The average Bonchev–Trinajstić information content (AvgIpc) is 2.97. The van der Waals surface area contributed by atoms with E-state index in [-0.39, 0.29) is 18.0 Å². The van der Waals surface area contributed by atoms with Gasteiger partial charge >= 0.3 is 0 Å². The number of amides is 1. The number of rotatable bonds is 4. The Morgan fingerprint density at radius 1 is 1.24 bits per heavy atom. The van der Waals surface area contributed by atoms with Gasteiger partial charge in [0.15, 0.2) is 5.65 Å². The molecule has 0 aliphatic carbocycles. The summed E-state index contributed by atoms with van der Waals surface area (Å²) < 4.78 is 1.83. The van der Waals surface area contributed by atoms with E-state index < -0.39 is 0 Å². The largest absolute Gasteiger partial charge is 0.345 e. The fourth-order valence-electron chi connectivity index (χ4n) is 2.84. The molecule has 1 N–H and O–H groups in total. The van der Waals surface area contributed by atoms with Crippen molar-refractivity contribution in [1.82, 2.24) is 20.1 Å². The Hall–Kier alpha value is -2.40. The number of nitrogens with one attached hydrogen (secondary N) is 1. The number of aromatic nitrogens is 3. The van der Waals surface area contributed by atoms with Gasteiger partial charge in [0, 0.05) is 16.8 Å². The Kier molecular flexibility index (Phi) is 4.77. The predicted octanol–water partition coefficient (Wildman–Crippen LogP) is 4.47. The molecule has 6 heteroatoms. The second kappa shape index (κ2) is 6.84. The number of benzene rings is 1. The Balaban J connectivity index is 1.94. The van der Waals surface area contributed by atoms with Gasteiger partial charge in [-0.05, 0) is 51.5 Å². The highest BCUT2D eigenvalue weighted by atomic mass is 35.5. The number of hydrogen-bond donors (Lipinski definition) is 1. The summed E-state index contributed by atoms with van der Waals surface area (Å²) in [7, 11) is 0. The van der Waals surface area contributed by atoms with Crippen LogP contribution < -0.4 is 5.32 Å². The number of carbonyl (C=O) groups is 1. The molecule has 2 heterocycles. The van der Waals surface area contributed by atoms with Crippen LogP contribution in [0.5, 0.6) is 0 Å². The summed E-state index contributed by atoms with van der Waals surface area (Å²) >= 11 is 6.04. The molecule has 0 saturated carbocycles. The molecule has 3 rings (SSSR count). The maximum atomic E-state index is 12.8. The maximum Gasteiger partial charge on any atom is 0.252 e. The van der Waals surface area contributed by atoms with E-state index in [2.05, 4.69) is 15.4 Å². The van der Waals surface area contributed by atoms with Crippen molar-refractivity contribution in [3.63, 3.8) is 0 Å². The summed E-state index contributed by atoms with van der Waals surface area (Å²) in [5.74, 6) is -0.147. The highest BCUT2D eigenvalue weighted by Gasteiger charge is 2.18. The molecule has 0 radical (unpaired) electrons. The van der Waals surface area contributed by atoms with Crippen LogP contribution in [0.15, 0.2) is 36.5 Å². The van der Waals surface area contributed by atoms with Crippen molar-refractivity contribution in [2.45, 2.75) is 39.8 Å². The Bertz CT molecular complexity index is 932. The van der Waals surface area contributed by atoms with E-state index in [1.165, 1.54) is 0 Å². The van der Waals surface area contributed by atoms with Crippen LogP contribution in [0.2, 0.25) is 5.02 Å². The lowest BCUT2D eigenvalue weighted by Gasteiger charge is -2.15. The molecule has 1 atom stereocenters. The van der Waals surface area contributed by atoms with Crippen LogP contribution in [0.3, 0.4) is 0 Å². The minimum absolute atomic E-state index is 0.147. The molecule has 1 amide bonds. The highest BCUT2D eigenvalue weighted by molar-refractivity contribution is 6.30. The first-order chi connectivity index (χ1) is 11.9. The fraction of sp³-hybridized carbons (Fsp3) is 0.316. The smallest absolute Gasteiger partial charge is 0.252 e. The molecule has 0 spiro atoms. The second-order valence-electron chi connectivity index (χ2n) is 6.48. The molecule has 1 aromatic carbocycles. The number of halogens is 1. The van der Waals surface area contributed by atoms with E-state index in [9.17, 15) is 4.79 Å². The molecule has 5 nitrogen and oxygen atoms in total. The molecule has 130 valence electrons. The van der Waals surface area contributed by atoms with Gasteiger partial charge in [0.2, 0.25) is 0 Å². The highest BCUT2D eigenvalue weighted by Crippen LogP contribution is 2.23. The van der Waals surface area contributed by atoms with Crippen molar-refractivity contribution in [2.75, 3.05) is 0 Å². The van der Waals surface area contributed by atoms with Gasteiger partial charge < -0.3 is 5.32 Å². The standard InChI is InChI=1S/C19H21ClN4O/c1-11(2)24-18-17(10-21-24)16(8-12(3)22-18)19(25)23-13(4)14-6-5-7-15(20)9-14/h5-11,13H,1-4H3,(H,23,25). The normalized spacial score (nSPS) is 12.6. The van der Waals surface area contributed by atoms with Crippen molar-refractivity contribution in [2.24, 2.45) is 0 Å². The van der Waals surface area contributed by atoms with E-state index in [1.807, 2.05) is 56.6 Å². The summed E-state index contributed by atoms with van der Waals surface area (Å²) in [6.45, 7) is 7.90. The zero-order chi connectivity index (χ0) is 18.1. The van der Waals surface area contributed by atoms with Crippen LogP contribution in [0.25, 0.3) is 11.0 Å². The third-order valence-electron chi connectivity index (χ3n) is 4.12. The number of fused-ring (bicyclic) bond motifs is 1. The van der Waals surface area contributed by atoms with E-state index >= 15 is 0 Å². The molecule has 0 bridgehead atoms. The number of nitrogens with zero attached hydrogens (tertiary/aromatic N) is 3. The van der Waals surface area contributed by atoms with Crippen LogP contribution in [-0.4, -0.2) is 20.7 Å². The lowest BCUT2D eigenvalue weighted by Crippen LogP contribution is -2.27. The first-order valence-corrected chi connectivity index (χ1v) is 8.66. The summed E-state index contributed by atoms with van der Waals surface area (Å²) in [6, 6.07) is 9.31. The molecule has 1 unspecified atom stereocenters. The number of aryl methyl sites for hydroxylation is 1. The minimum Gasteiger partial charge on any atom is -0.345 e. The summed E-state index contributed by atoms with van der Waals surface area (Å²) in [4.78, 5) is 17.4. The van der Waals surface area contributed by atoms with Crippen molar-refractivity contribution >= 4 is 28.5 Å².